The maximum absolute atomic E-state index is 12.3. The number of hydrogen-bond acceptors (Lipinski definition) is 4. The smallest absolute Gasteiger partial charge is 0.239 e. The van der Waals surface area contributed by atoms with Crippen LogP contribution in [0.3, 0.4) is 0 Å². The lowest BCUT2D eigenvalue weighted by atomic mass is 9.64. The molecule has 1 aromatic heterocycles. The van der Waals surface area contributed by atoms with Gasteiger partial charge >= 0.3 is 0 Å². The minimum absolute atomic E-state index is 0.206. The third-order valence-electron chi connectivity index (χ3n) is 6.99. The molecule has 138 valence electrons. The summed E-state index contributed by atoms with van der Waals surface area (Å²) >= 11 is 0. The number of para-hydroxylation sites is 1. The molecular weight excluding hydrogens is 328 g/mol. The Morgan fingerprint density at radius 3 is 3.00 bits per heavy atom. The van der Waals surface area contributed by atoms with Crippen molar-refractivity contribution >= 4 is 16.8 Å². The topological polar surface area (TPSA) is 94.4 Å². The number of nitrogens with one attached hydrogen (secondary N) is 2. The van der Waals surface area contributed by atoms with Gasteiger partial charge in [0.1, 0.15) is 0 Å². The zero-order valence-corrected chi connectivity index (χ0v) is 14.8. The number of aromatic nitrogens is 1. The van der Waals surface area contributed by atoms with Crippen molar-refractivity contribution in [3.8, 4) is 0 Å². The van der Waals surface area contributed by atoms with Crippen molar-refractivity contribution in [1.29, 1.82) is 0 Å². The molecule has 26 heavy (non-hydrogen) atoms. The van der Waals surface area contributed by atoms with E-state index in [2.05, 4.69) is 39.6 Å². The Hall–Kier alpha value is -1.89. The molecule has 1 aromatic carbocycles. The van der Waals surface area contributed by atoms with Crippen molar-refractivity contribution in [3.63, 3.8) is 0 Å². The predicted molar refractivity (Wildman–Crippen MR) is 98.9 cm³/mol. The van der Waals surface area contributed by atoms with Crippen LogP contribution in [-0.2, 0) is 17.8 Å². The van der Waals surface area contributed by atoms with E-state index in [1.807, 2.05) is 0 Å². The number of amides is 1. The maximum Gasteiger partial charge on any atom is 0.239 e. The van der Waals surface area contributed by atoms with E-state index < -0.39 is 6.10 Å². The first-order valence-corrected chi connectivity index (χ1v) is 9.66. The number of H-pyrrole nitrogens is 1. The van der Waals surface area contributed by atoms with Crippen LogP contribution >= 0.6 is 0 Å². The van der Waals surface area contributed by atoms with Crippen LogP contribution in [0.1, 0.15) is 30.5 Å². The van der Waals surface area contributed by atoms with E-state index in [1.165, 1.54) is 22.2 Å². The van der Waals surface area contributed by atoms with Crippen LogP contribution in [0.25, 0.3) is 10.9 Å². The van der Waals surface area contributed by atoms with Gasteiger partial charge in [0.2, 0.25) is 5.91 Å². The van der Waals surface area contributed by atoms with E-state index in [0.29, 0.717) is 18.4 Å². The van der Waals surface area contributed by atoms with E-state index in [-0.39, 0.29) is 17.7 Å². The van der Waals surface area contributed by atoms with Gasteiger partial charge < -0.3 is 10.1 Å². The summed E-state index contributed by atoms with van der Waals surface area (Å²) in [4.78, 5) is 18.5. The maximum atomic E-state index is 12.3. The zero-order valence-electron chi connectivity index (χ0n) is 14.8. The predicted octanol–water partition coefficient (Wildman–Crippen LogP) is 1.29. The Balaban J connectivity index is 1.45. The molecule has 3 aliphatic rings. The Labute approximate surface area is 152 Å². The SMILES string of the molecule is NNC(=O)[C@@H]1[C@@H]2C[C@@H]3Cc4[nH]c5ccccc5c4CN3C[C@@H]2CC[C@@H]1O. The summed E-state index contributed by atoms with van der Waals surface area (Å²) in [5, 5.41) is 11.8. The summed E-state index contributed by atoms with van der Waals surface area (Å²) in [7, 11) is 0. The Morgan fingerprint density at radius 1 is 1.31 bits per heavy atom. The molecule has 1 aliphatic carbocycles. The monoisotopic (exact) mass is 354 g/mol. The van der Waals surface area contributed by atoms with Crippen LogP contribution in [0.2, 0.25) is 0 Å². The van der Waals surface area contributed by atoms with Crippen molar-refractivity contribution in [2.45, 2.75) is 44.4 Å². The number of rotatable bonds is 1. The molecule has 5 atom stereocenters. The van der Waals surface area contributed by atoms with Gasteiger partial charge in [-0.3, -0.25) is 15.1 Å². The summed E-state index contributed by atoms with van der Waals surface area (Å²) < 4.78 is 0. The lowest BCUT2D eigenvalue weighted by Gasteiger charge is -2.51. The highest BCUT2D eigenvalue weighted by Gasteiger charge is 2.48. The zero-order chi connectivity index (χ0) is 17.8. The average Bonchev–Trinajstić information content (AvgIpc) is 3.01. The molecule has 6 heteroatoms. The number of aliphatic hydroxyl groups is 1. The van der Waals surface area contributed by atoms with E-state index in [0.717, 1.165) is 32.4 Å². The average molecular weight is 354 g/mol. The number of hydrogen-bond donors (Lipinski definition) is 4. The van der Waals surface area contributed by atoms with Crippen LogP contribution < -0.4 is 11.3 Å². The molecule has 1 saturated carbocycles. The highest BCUT2D eigenvalue weighted by molar-refractivity contribution is 5.85. The second kappa shape index (κ2) is 6.08. The summed E-state index contributed by atoms with van der Waals surface area (Å²) in [5.74, 6) is 5.50. The van der Waals surface area contributed by atoms with Gasteiger partial charge in [0, 0.05) is 42.1 Å². The van der Waals surface area contributed by atoms with Crippen molar-refractivity contribution < 1.29 is 9.90 Å². The fraction of sp³-hybridized carbons (Fsp3) is 0.550. The number of aliphatic hydroxyl groups excluding tert-OH is 1. The molecule has 2 aromatic rings. The molecule has 0 bridgehead atoms. The van der Waals surface area contributed by atoms with Gasteiger partial charge in [0.25, 0.3) is 0 Å². The van der Waals surface area contributed by atoms with Crippen molar-refractivity contribution in [3.05, 3.63) is 35.5 Å². The molecule has 6 nitrogen and oxygen atoms in total. The van der Waals surface area contributed by atoms with E-state index in [1.54, 1.807) is 0 Å². The molecule has 0 unspecified atom stereocenters. The fourth-order valence-corrected chi connectivity index (χ4v) is 5.76. The molecule has 0 radical (unpaired) electrons. The molecule has 1 amide bonds. The van der Waals surface area contributed by atoms with Gasteiger partial charge in [-0.25, -0.2) is 5.84 Å². The van der Waals surface area contributed by atoms with Crippen molar-refractivity contribution in [2.24, 2.45) is 23.6 Å². The van der Waals surface area contributed by atoms with Crippen molar-refractivity contribution in [1.82, 2.24) is 15.3 Å². The first-order valence-electron chi connectivity index (χ1n) is 9.66. The fourth-order valence-electron chi connectivity index (χ4n) is 5.76. The molecule has 5 rings (SSSR count). The quantitative estimate of drug-likeness (QED) is 0.353. The third-order valence-corrected chi connectivity index (χ3v) is 6.99. The second-order valence-electron chi connectivity index (χ2n) is 8.25. The number of nitrogens with zero attached hydrogens (tertiary/aromatic N) is 1. The van der Waals surface area contributed by atoms with E-state index in [9.17, 15) is 9.90 Å². The van der Waals surface area contributed by atoms with Gasteiger partial charge in [-0.2, -0.15) is 0 Å². The summed E-state index contributed by atoms with van der Waals surface area (Å²) in [6, 6.07) is 8.95. The molecule has 0 spiro atoms. The summed E-state index contributed by atoms with van der Waals surface area (Å²) in [6.45, 7) is 1.99. The Morgan fingerprint density at radius 2 is 2.15 bits per heavy atom. The first-order chi connectivity index (χ1) is 12.7. The molecule has 2 aliphatic heterocycles. The van der Waals surface area contributed by atoms with Gasteiger partial charge in [-0.1, -0.05) is 18.2 Å². The summed E-state index contributed by atoms with van der Waals surface area (Å²) in [5.41, 5.74) is 6.27. The number of aromatic amines is 1. The van der Waals surface area contributed by atoms with Crippen LogP contribution in [0, 0.1) is 17.8 Å². The molecular formula is C20H26N4O2. The van der Waals surface area contributed by atoms with E-state index >= 15 is 0 Å². The Bertz CT molecular complexity index is 847. The van der Waals surface area contributed by atoms with Gasteiger partial charge in [0.15, 0.2) is 0 Å². The normalized spacial score (nSPS) is 34.0. The third kappa shape index (κ3) is 2.40. The van der Waals surface area contributed by atoms with Crippen LogP contribution in [0.4, 0.5) is 0 Å². The number of fused-ring (bicyclic) bond motifs is 5. The van der Waals surface area contributed by atoms with Crippen LogP contribution in [0.15, 0.2) is 24.3 Å². The number of carbonyl (C=O) groups excluding carboxylic acids is 1. The highest BCUT2D eigenvalue weighted by atomic mass is 16.3. The van der Waals surface area contributed by atoms with E-state index in [4.69, 9.17) is 5.84 Å². The number of piperidine rings is 1. The minimum Gasteiger partial charge on any atom is -0.392 e. The lowest BCUT2D eigenvalue weighted by Crippen LogP contribution is -2.57. The highest BCUT2D eigenvalue weighted by Crippen LogP contribution is 2.45. The second-order valence-corrected chi connectivity index (χ2v) is 8.25. The van der Waals surface area contributed by atoms with Crippen molar-refractivity contribution in [2.75, 3.05) is 6.54 Å². The molecule has 1 saturated heterocycles. The molecule has 3 heterocycles. The van der Waals surface area contributed by atoms with Gasteiger partial charge in [-0.15, -0.1) is 0 Å². The number of hydrazine groups is 1. The number of nitrogens with two attached hydrogens (primary N) is 1. The minimum atomic E-state index is -0.571. The largest absolute Gasteiger partial charge is 0.392 e. The molecule has 2 fully saturated rings. The molecule has 5 N–H and O–H groups in total. The van der Waals surface area contributed by atoms with Crippen LogP contribution in [0.5, 0.6) is 0 Å². The number of benzene rings is 1. The lowest BCUT2D eigenvalue weighted by molar-refractivity contribution is -0.139. The van der Waals surface area contributed by atoms with Gasteiger partial charge in [0.05, 0.1) is 12.0 Å². The first kappa shape index (κ1) is 16.3. The van der Waals surface area contributed by atoms with Crippen LogP contribution in [-0.4, -0.2) is 39.6 Å². The Kier molecular flexibility index (Phi) is 3.81. The standard InChI is InChI=1S/C20H26N4O2/c21-23-20(26)19-14-7-12-8-17-15(13-3-1-2-4-16(13)22-17)10-24(12)9-11(14)5-6-18(19)25/h1-4,11-12,14,18-19,22,25H,5-10,21H2,(H,23,26)/t11-,12+,14+,18-,19+/m0/s1. The van der Waals surface area contributed by atoms with Gasteiger partial charge in [-0.05, 0) is 42.7 Å². The number of carbonyl (C=O) groups is 1. The summed E-state index contributed by atoms with van der Waals surface area (Å²) in [6.07, 6.45) is 3.05.